The average Bonchev–Trinajstić information content (AvgIpc) is 3.13. The topological polar surface area (TPSA) is 53.1 Å². The Hall–Kier alpha value is -1.81. The molecule has 3 rings (SSSR count). The zero-order valence-electron chi connectivity index (χ0n) is 12.6. The quantitative estimate of drug-likeness (QED) is 0.886. The van der Waals surface area contributed by atoms with Crippen LogP contribution in [0.4, 0.5) is 0 Å². The van der Waals surface area contributed by atoms with E-state index < -0.39 is 0 Å². The average molecular weight is 285 g/mol. The van der Waals surface area contributed by atoms with Crippen LogP contribution in [-0.2, 0) is 25.8 Å². The van der Waals surface area contributed by atoms with E-state index in [9.17, 15) is 0 Å². The molecule has 1 aromatic heterocycles. The summed E-state index contributed by atoms with van der Waals surface area (Å²) >= 11 is 0. The third-order valence-electron chi connectivity index (χ3n) is 4.17. The third kappa shape index (κ3) is 3.27. The van der Waals surface area contributed by atoms with Gasteiger partial charge in [0.05, 0.1) is 6.61 Å². The maximum absolute atomic E-state index is 6.03. The molecule has 0 aliphatic carbocycles. The van der Waals surface area contributed by atoms with Crippen molar-refractivity contribution >= 4 is 0 Å². The number of benzene rings is 1. The molecule has 2 N–H and O–H groups in total. The van der Waals surface area contributed by atoms with Gasteiger partial charge in [0.1, 0.15) is 11.6 Å². The minimum atomic E-state index is 0.197. The maximum atomic E-state index is 6.03. The Morgan fingerprint density at radius 2 is 2.33 bits per heavy atom. The molecule has 2 aromatic rings. The molecular weight excluding hydrogens is 262 g/mol. The molecule has 1 aliphatic rings. The van der Waals surface area contributed by atoms with Gasteiger partial charge >= 0.3 is 0 Å². The minimum absolute atomic E-state index is 0.197. The number of rotatable bonds is 6. The van der Waals surface area contributed by atoms with Gasteiger partial charge in [-0.1, -0.05) is 19.1 Å². The number of nitrogens with two attached hydrogens (primary N) is 1. The highest BCUT2D eigenvalue weighted by molar-refractivity contribution is 5.39. The van der Waals surface area contributed by atoms with E-state index in [1.165, 1.54) is 11.1 Å². The molecule has 0 saturated heterocycles. The number of fused-ring (bicyclic) bond motifs is 1. The summed E-state index contributed by atoms with van der Waals surface area (Å²) in [5, 5.41) is 0. The first-order valence-electron chi connectivity index (χ1n) is 7.76. The molecule has 0 fully saturated rings. The van der Waals surface area contributed by atoms with Crippen LogP contribution in [0.3, 0.4) is 0 Å². The van der Waals surface area contributed by atoms with Crippen LogP contribution in [0.5, 0.6) is 5.75 Å². The fourth-order valence-electron chi connectivity index (χ4n) is 2.76. The van der Waals surface area contributed by atoms with Crippen LogP contribution < -0.4 is 10.5 Å². The largest absolute Gasteiger partial charge is 0.493 e. The summed E-state index contributed by atoms with van der Waals surface area (Å²) in [6, 6.07) is 6.73. The van der Waals surface area contributed by atoms with E-state index in [-0.39, 0.29) is 6.04 Å². The van der Waals surface area contributed by atoms with E-state index in [4.69, 9.17) is 10.5 Å². The molecule has 0 saturated carbocycles. The van der Waals surface area contributed by atoms with Gasteiger partial charge in [0, 0.05) is 37.8 Å². The molecule has 4 nitrogen and oxygen atoms in total. The number of imidazole rings is 1. The highest BCUT2D eigenvalue weighted by Crippen LogP contribution is 2.26. The van der Waals surface area contributed by atoms with E-state index in [0.717, 1.165) is 50.4 Å². The van der Waals surface area contributed by atoms with Crippen molar-refractivity contribution in [3.05, 3.63) is 47.5 Å². The summed E-state index contributed by atoms with van der Waals surface area (Å²) in [5.41, 5.74) is 8.73. The van der Waals surface area contributed by atoms with Gasteiger partial charge in [-0.05, 0) is 30.0 Å². The Balaban J connectivity index is 1.64. The standard InChI is InChI=1S/C17H23N3O/c1-2-15(18)12-17-19-7-9-20(17)8-5-13-3-4-16-14(11-13)6-10-21-16/h3-4,7,9,11,15H,2,5-6,8,10,12,18H2,1H3. The van der Waals surface area contributed by atoms with Crippen LogP contribution in [0.15, 0.2) is 30.6 Å². The Labute approximate surface area is 125 Å². The molecule has 0 radical (unpaired) electrons. The Morgan fingerprint density at radius 3 is 3.19 bits per heavy atom. The van der Waals surface area contributed by atoms with E-state index in [0.29, 0.717) is 0 Å². The predicted molar refractivity (Wildman–Crippen MR) is 83.5 cm³/mol. The molecule has 1 aliphatic heterocycles. The van der Waals surface area contributed by atoms with Crippen molar-refractivity contribution in [1.82, 2.24) is 9.55 Å². The molecule has 1 aromatic carbocycles. The molecule has 4 heteroatoms. The van der Waals surface area contributed by atoms with Crippen LogP contribution in [0.1, 0.15) is 30.3 Å². The molecule has 0 spiro atoms. The molecule has 112 valence electrons. The van der Waals surface area contributed by atoms with E-state index in [1.807, 2.05) is 12.4 Å². The predicted octanol–water partition coefficient (Wildman–Crippen LogP) is 2.34. The van der Waals surface area contributed by atoms with Crippen LogP contribution in [0, 0.1) is 0 Å². The second kappa shape index (κ2) is 6.31. The second-order valence-electron chi connectivity index (χ2n) is 5.70. The summed E-state index contributed by atoms with van der Waals surface area (Å²) in [4.78, 5) is 4.44. The van der Waals surface area contributed by atoms with Gasteiger partial charge in [0.15, 0.2) is 0 Å². The first-order valence-corrected chi connectivity index (χ1v) is 7.76. The summed E-state index contributed by atoms with van der Waals surface area (Å²) in [6.45, 7) is 3.88. The van der Waals surface area contributed by atoms with Crippen molar-refractivity contribution in [2.45, 2.75) is 45.2 Å². The van der Waals surface area contributed by atoms with Crippen LogP contribution in [0.25, 0.3) is 0 Å². The summed E-state index contributed by atoms with van der Waals surface area (Å²) in [6.07, 6.45) is 7.80. The van der Waals surface area contributed by atoms with Crippen molar-refractivity contribution in [1.29, 1.82) is 0 Å². The van der Waals surface area contributed by atoms with E-state index >= 15 is 0 Å². The van der Waals surface area contributed by atoms with Gasteiger partial charge in [-0.25, -0.2) is 4.98 Å². The van der Waals surface area contributed by atoms with Crippen molar-refractivity contribution in [3.8, 4) is 5.75 Å². The molecule has 0 bridgehead atoms. The first kappa shape index (κ1) is 14.1. The van der Waals surface area contributed by atoms with Gasteiger partial charge in [0.2, 0.25) is 0 Å². The Kier molecular flexibility index (Phi) is 4.25. The Morgan fingerprint density at radius 1 is 1.43 bits per heavy atom. The fourth-order valence-corrected chi connectivity index (χ4v) is 2.76. The van der Waals surface area contributed by atoms with Gasteiger partial charge < -0.3 is 15.0 Å². The minimum Gasteiger partial charge on any atom is -0.493 e. The number of hydrogen-bond acceptors (Lipinski definition) is 3. The number of hydrogen-bond donors (Lipinski definition) is 1. The first-order chi connectivity index (χ1) is 10.3. The Bertz CT molecular complexity index is 606. The van der Waals surface area contributed by atoms with Gasteiger partial charge in [-0.15, -0.1) is 0 Å². The summed E-state index contributed by atoms with van der Waals surface area (Å²) in [5.74, 6) is 2.14. The number of aromatic nitrogens is 2. The van der Waals surface area contributed by atoms with Crippen LogP contribution in [0.2, 0.25) is 0 Å². The summed E-state index contributed by atoms with van der Waals surface area (Å²) in [7, 11) is 0. The zero-order valence-corrected chi connectivity index (χ0v) is 12.6. The molecular formula is C17H23N3O. The van der Waals surface area contributed by atoms with Gasteiger partial charge in [-0.2, -0.15) is 0 Å². The van der Waals surface area contributed by atoms with E-state index in [1.54, 1.807) is 0 Å². The van der Waals surface area contributed by atoms with E-state index in [2.05, 4.69) is 34.7 Å². The second-order valence-corrected chi connectivity index (χ2v) is 5.70. The molecule has 21 heavy (non-hydrogen) atoms. The normalized spacial score (nSPS) is 14.8. The smallest absolute Gasteiger partial charge is 0.122 e. The SMILES string of the molecule is CCC(N)Cc1nccn1CCc1ccc2c(c1)CCO2. The van der Waals surface area contributed by atoms with Crippen LogP contribution >= 0.6 is 0 Å². The van der Waals surface area contributed by atoms with Gasteiger partial charge in [0.25, 0.3) is 0 Å². The zero-order chi connectivity index (χ0) is 14.7. The highest BCUT2D eigenvalue weighted by Gasteiger charge is 2.12. The third-order valence-corrected chi connectivity index (χ3v) is 4.17. The lowest BCUT2D eigenvalue weighted by Gasteiger charge is -2.11. The maximum Gasteiger partial charge on any atom is 0.122 e. The van der Waals surface area contributed by atoms with Crippen molar-refractivity contribution < 1.29 is 4.74 Å². The molecule has 2 heterocycles. The number of aryl methyl sites for hydroxylation is 2. The number of nitrogens with zero attached hydrogens (tertiary/aromatic N) is 2. The lowest BCUT2D eigenvalue weighted by Crippen LogP contribution is -2.23. The number of ether oxygens (including phenoxy) is 1. The lowest BCUT2D eigenvalue weighted by atomic mass is 10.1. The lowest BCUT2D eigenvalue weighted by molar-refractivity contribution is 0.357. The molecule has 1 unspecified atom stereocenters. The van der Waals surface area contributed by atoms with Crippen molar-refractivity contribution in [2.24, 2.45) is 5.73 Å². The highest BCUT2D eigenvalue weighted by atomic mass is 16.5. The molecule has 0 amide bonds. The summed E-state index contributed by atoms with van der Waals surface area (Å²) < 4.78 is 7.77. The monoisotopic (exact) mass is 285 g/mol. The van der Waals surface area contributed by atoms with Gasteiger partial charge in [-0.3, -0.25) is 0 Å². The van der Waals surface area contributed by atoms with Crippen molar-refractivity contribution in [3.63, 3.8) is 0 Å². The molecule has 1 atom stereocenters. The van der Waals surface area contributed by atoms with Crippen molar-refractivity contribution in [2.75, 3.05) is 6.61 Å². The fraction of sp³-hybridized carbons (Fsp3) is 0.471. The van der Waals surface area contributed by atoms with Crippen LogP contribution in [-0.4, -0.2) is 22.2 Å².